The van der Waals surface area contributed by atoms with Gasteiger partial charge < -0.3 is 10.5 Å². The van der Waals surface area contributed by atoms with Crippen LogP contribution < -0.4 is 5.73 Å². The Labute approximate surface area is 97.8 Å². The molecular weight excluding hydrogens is 198 g/mol. The summed E-state index contributed by atoms with van der Waals surface area (Å²) in [4.78, 5) is 0. The summed E-state index contributed by atoms with van der Waals surface area (Å²) in [6, 6.07) is 8.91. The van der Waals surface area contributed by atoms with Gasteiger partial charge in [0.2, 0.25) is 0 Å². The minimum Gasteiger partial charge on any atom is -0.380 e. The number of ether oxygens (including phenoxy) is 1. The molecule has 0 unspecified atom stereocenters. The molecule has 0 saturated carbocycles. The van der Waals surface area contributed by atoms with Gasteiger partial charge in [0.1, 0.15) is 0 Å². The summed E-state index contributed by atoms with van der Waals surface area (Å²) < 4.78 is 5.28. The highest BCUT2D eigenvalue weighted by Crippen LogP contribution is 2.30. The molecule has 0 aliphatic carbocycles. The van der Waals surface area contributed by atoms with E-state index in [1.165, 1.54) is 11.1 Å². The van der Waals surface area contributed by atoms with Gasteiger partial charge in [-0.1, -0.05) is 38.1 Å². The second-order valence-electron chi connectivity index (χ2n) is 5.27. The molecule has 1 aliphatic heterocycles. The summed E-state index contributed by atoms with van der Waals surface area (Å²) in [7, 11) is 0. The van der Waals surface area contributed by atoms with E-state index in [0.29, 0.717) is 5.92 Å². The molecule has 2 N–H and O–H groups in total. The average Bonchev–Trinajstić information content (AvgIpc) is 2.24. The van der Waals surface area contributed by atoms with Gasteiger partial charge in [0, 0.05) is 12.0 Å². The van der Waals surface area contributed by atoms with Crippen molar-refractivity contribution in [3.8, 4) is 0 Å². The predicted molar refractivity (Wildman–Crippen MR) is 66.5 cm³/mol. The highest BCUT2D eigenvalue weighted by molar-refractivity contribution is 5.26. The molecule has 2 rings (SSSR count). The molecule has 0 spiro atoms. The molecule has 0 aromatic heterocycles. The second-order valence-corrected chi connectivity index (χ2v) is 5.27. The first-order valence-electron chi connectivity index (χ1n) is 6.02. The van der Waals surface area contributed by atoms with Crippen molar-refractivity contribution in [1.82, 2.24) is 0 Å². The largest absolute Gasteiger partial charge is 0.380 e. The van der Waals surface area contributed by atoms with Crippen LogP contribution in [0.5, 0.6) is 0 Å². The molecule has 0 amide bonds. The summed E-state index contributed by atoms with van der Waals surface area (Å²) in [6.07, 6.45) is 1.04. The zero-order valence-electron chi connectivity index (χ0n) is 10.2. The quantitative estimate of drug-likeness (QED) is 0.843. The zero-order chi connectivity index (χ0) is 11.6. The fourth-order valence-electron chi connectivity index (χ4n) is 2.14. The monoisotopic (exact) mass is 219 g/mol. The second kappa shape index (κ2) is 4.56. The van der Waals surface area contributed by atoms with Crippen molar-refractivity contribution in [2.75, 3.05) is 19.8 Å². The van der Waals surface area contributed by atoms with Crippen LogP contribution >= 0.6 is 0 Å². The lowest BCUT2D eigenvalue weighted by atomic mass is 9.79. The van der Waals surface area contributed by atoms with Gasteiger partial charge in [-0.05, 0) is 23.5 Å². The van der Waals surface area contributed by atoms with Crippen LogP contribution in [0.3, 0.4) is 0 Å². The molecule has 1 fully saturated rings. The lowest BCUT2D eigenvalue weighted by Gasteiger charge is -2.40. The van der Waals surface area contributed by atoms with Gasteiger partial charge in [0.15, 0.2) is 0 Å². The SMILES string of the molecule is CC(C)c1ccc(CC2(CN)COC2)cc1. The minimum absolute atomic E-state index is 0.208. The Morgan fingerprint density at radius 3 is 2.25 bits per heavy atom. The van der Waals surface area contributed by atoms with Crippen LogP contribution in [0.4, 0.5) is 0 Å². The van der Waals surface area contributed by atoms with Crippen LogP contribution in [0, 0.1) is 5.41 Å². The van der Waals surface area contributed by atoms with Gasteiger partial charge in [-0.15, -0.1) is 0 Å². The molecule has 0 radical (unpaired) electrons. The van der Waals surface area contributed by atoms with Gasteiger partial charge in [-0.2, -0.15) is 0 Å². The van der Waals surface area contributed by atoms with E-state index in [4.69, 9.17) is 10.5 Å². The predicted octanol–water partition coefficient (Wildman–Crippen LogP) is 2.33. The Morgan fingerprint density at radius 2 is 1.88 bits per heavy atom. The van der Waals surface area contributed by atoms with E-state index >= 15 is 0 Å². The molecule has 1 heterocycles. The molecule has 1 saturated heterocycles. The lowest BCUT2D eigenvalue weighted by Crippen LogP contribution is -2.49. The van der Waals surface area contributed by atoms with Crippen molar-refractivity contribution in [2.24, 2.45) is 11.1 Å². The van der Waals surface area contributed by atoms with Crippen LogP contribution in [0.25, 0.3) is 0 Å². The smallest absolute Gasteiger partial charge is 0.0560 e. The third kappa shape index (κ3) is 2.28. The summed E-state index contributed by atoms with van der Waals surface area (Å²) in [6.45, 7) is 6.79. The first-order valence-corrected chi connectivity index (χ1v) is 6.02. The Hall–Kier alpha value is -0.860. The maximum atomic E-state index is 5.81. The Balaban J connectivity index is 2.05. The first kappa shape index (κ1) is 11.6. The van der Waals surface area contributed by atoms with Crippen molar-refractivity contribution in [3.63, 3.8) is 0 Å². The molecule has 0 bridgehead atoms. The van der Waals surface area contributed by atoms with Crippen molar-refractivity contribution < 1.29 is 4.74 Å². The maximum Gasteiger partial charge on any atom is 0.0560 e. The average molecular weight is 219 g/mol. The van der Waals surface area contributed by atoms with Crippen molar-refractivity contribution >= 4 is 0 Å². The van der Waals surface area contributed by atoms with Crippen LogP contribution in [0.1, 0.15) is 30.9 Å². The molecule has 1 aromatic carbocycles. The van der Waals surface area contributed by atoms with Gasteiger partial charge >= 0.3 is 0 Å². The minimum atomic E-state index is 0.208. The molecule has 2 nitrogen and oxygen atoms in total. The number of rotatable bonds is 4. The third-order valence-electron chi connectivity index (χ3n) is 3.48. The molecule has 1 aromatic rings. The molecule has 0 atom stereocenters. The fourth-order valence-corrected chi connectivity index (χ4v) is 2.14. The Kier molecular flexibility index (Phi) is 3.31. The number of benzene rings is 1. The fraction of sp³-hybridized carbons (Fsp3) is 0.571. The normalized spacial score (nSPS) is 18.5. The number of hydrogen-bond donors (Lipinski definition) is 1. The molecule has 2 heteroatoms. The van der Waals surface area contributed by atoms with Crippen molar-refractivity contribution in [1.29, 1.82) is 0 Å². The summed E-state index contributed by atoms with van der Waals surface area (Å²) >= 11 is 0. The van der Waals surface area contributed by atoms with E-state index in [1.807, 2.05) is 0 Å². The molecule has 88 valence electrons. The maximum absolute atomic E-state index is 5.81. The van der Waals surface area contributed by atoms with Gasteiger partial charge in [-0.3, -0.25) is 0 Å². The first-order chi connectivity index (χ1) is 7.65. The van der Waals surface area contributed by atoms with Crippen molar-refractivity contribution in [3.05, 3.63) is 35.4 Å². The Morgan fingerprint density at radius 1 is 1.25 bits per heavy atom. The third-order valence-corrected chi connectivity index (χ3v) is 3.48. The molecule has 16 heavy (non-hydrogen) atoms. The van der Waals surface area contributed by atoms with E-state index in [0.717, 1.165) is 26.2 Å². The van der Waals surface area contributed by atoms with Crippen LogP contribution in [-0.4, -0.2) is 19.8 Å². The summed E-state index contributed by atoms with van der Waals surface area (Å²) in [5, 5.41) is 0. The zero-order valence-corrected chi connectivity index (χ0v) is 10.2. The van der Waals surface area contributed by atoms with E-state index in [-0.39, 0.29) is 5.41 Å². The van der Waals surface area contributed by atoms with Gasteiger partial charge in [0.05, 0.1) is 13.2 Å². The lowest BCUT2D eigenvalue weighted by molar-refractivity contribution is -0.106. The summed E-state index contributed by atoms with van der Waals surface area (Å²) in [5.41, 5.74) is 8.79. The van der Waals surface area contributed by atoms with E-state index in [2.05, 4.69) is 38.1 Å². The number of nitrogens with two attached hydrogens (primary N) is 1. The highest BCUT2D eigenvalue weighted by atomic mass is 16.5. The van der Waals surface area contributed by atoms with Crippen LogP contribution in [0.2, 0.25) is 0 Å². The highest BCUT2D eigenvalue weighted by Gasteiger charge is 2.37. The van der Waals surface area contributed by atoms with Gasteiger partial charge in [0.25, 0.3) is 0 Å². The van der Waals surface area contributed by atoms with Gasteiger partial charge in [-0.25, -0.2) is 0 Å². The Bertz CT molecular complexity index is 333. The van der Waals surface area contributed by atoms with Crippen LogP contribution in [-0.2, 0) is 11.2 Å². The van der Waals surface area contributed by atoms with Crippen LogP contribution in [0.15, 0.2) is 24.3 Å². The van der Waals surface area contributed by atoms with Crippen molar-refractivity contribution in [2.45, 2.75) is 26.2 Å². The standard InChI is InChI=1S/C14H21NO/c1-11(2)13-5-3-12(4-6-13)7-14(8-15)9-16-10-14/h3-6,11H,7-10,15H2,1-2H3. The number of hydrogen-bond acceptors (Lipinski definition) is 2. The van der Waals surface area contributed by atoms with E-state index in [1.54, 1.807) is 0 Å². The summed E-state index contributed by atoms with van der Waals surface area (Å²) in [5.74, 6) is 0.601. The van der Waals surface area contributed by atoms with E-state index < -0.39 is 0 Å². The molecule has 1 aliphatic rings. The molecular formula is C14H21NO. The van der Waals surface area contributed by atoms with E-state index in [9.17, 15) is 0 Å². The topological polar surface area (TPSA) is 35.2 Å².